The topological polar surface area (TPSA) is 27.6 Å². The summed E-state index contributed by atoms with van der Waals surface area (Å²) in [5.74, 6) is 3.67. The highest BCUT2D eigenvalue weighted by Gasteiger charge is 2.54. The number of likely N-dealkylation sites (tertiary alicyclic amines) is 1. The second-order valence-corrected chi connectivity index (χ2v) is 13.0. The van der Waals surface area contributed by atoms with Crippen molar-refractivity contribution in [3.63, 3.8) is 0 Å². The first-order valence-electron chi connectivity index (χ1n) is 14.6. The van der Waals surface area contributed by atoms with E-state index >= 15 is 0 Å². The normalized spacial score (nSPS) is 29.9. The van der Waals surface area contributed by atoms with E-state index in [1.165, 1.54) is 82.6 Å². The fourth-order valence-electron chi connectivity index (χ4n) is 6.32. The van der Waals surface area contributed by atoms with Gasteiger partial charge in [-0.25, -0.2) is 0 Å². The Morgan fingerprint density at radius 1 is 1.15 bits per heavy atom. The van der Waals surface area contributed by atoms with Crippen LogP contribution < -0.4 is 5.32 Å². The number of nitrogens with one attached hydrogen (secondary N) is 1. The average molecular weight is 470 g/mol. The maximum atomic E-state index is 4.41. The van der Waals surface area contributed by atoms with E-state index in [2.05, 4.69) is 62.5 Å². The van der Waals surface area contributed by atoms with Gasteiger partial charge in [0.15, 0.2) is 0 Å². The molecule has 2 unspecified atom stereocenters. The average Bonchev–Trinajstić information content (AvgIpc) is 3.29. The molecule has 2 heterocycles. The third-order valence-electron chi connectivity index (χ3n) is 8.95. The van der Waals surface area contributed by atoms with E-state index in [-0.39, 0.29) is 0 Å². The number of aliphatic imine (C=N–C) groups is 1. The van der Waals surface area contributed by atoms with Gasteiger partial charge in [-0.05, 0) is 72.8 Å². The lowest BCUT2D eigenvalue weighted by molar-refractivity contribution is 0.224. The minimum absolute atomic E-state index is 0.552. The fraction of sp³-hybridized carbons (Fsp3) is 0.839. The zero-order chi connectivity index (χ0) is 24.6. The van der Waals surface area contributed by atoms with Gasteiger partial charge < -0.3 is 10.2 Å². The molecular weight excluding hydrogens is 414 g/mol. The zero-order valence-corrected chi connectivity index (χ0v) is 23.3. The summed E-state index contributed by atoms with van der Waals surface area (Å²) in [7, 11) is 0. The van der Waals surface area contributed by atoms with E-state index in [1.807, 2.05) is 6.21 Å². The smallest absolute Gasteiger partial charge is 0.0941 e. The number of fused-ring (bicyclic) bond motifs is 1. The molecule has 4 aliphatic rings. The third-order valence-corrected chi connectivity index (χ3v) is 8.95. The molecule has 34 heavy (non-hydrogen) atoms. The Balaban J connectivity index is 0.000000350. The van der Waals surface area contributed by atoms with Crippen LogP contribution in [0.5, 0.6) is 0 Å². The maximum absolute atomic E-state index is 4.41. The number of rotatable bonds is 10. The van der Waals surface area contributed by atoms with Gasteiger partial charge >= 0.3 is 0 Å². The van der Waals surface area contributed by atoms with Crippen LogP contribution in [0.4, 0.5) is 0 Å². The maximum Gasteiger partial charge on any atom is 0.0941 e. The van der Waals surface area contributed by atoms with Crippen molar-refractivity contribution < 1.29 is 0 Å². The second kappa shape index (κ2) is 12.6. The zero-order valence-electron chi connectivity index (χ0n) is 23.3. The monoisotopic (exact) mass is 469 g/mol. The Morgan fingerprint density at radius 2 is 1.88 bits per heavy atom. The molecule has 0 aromatic heterocycles. The number of hydrogen-bond donors (Lipinski definition) is 1. The van der Waals surface area contributed by atoms with E-state index in [0.29, 0.717) is 16.7 Å². The lowest BCUT2D eigenvalue weighted by Gasteiger charge is -2.30. The summed E-state index contributed by atoms with van der Waals surface area (Å²) in [6.45, 7) is 20.0. The minimum Gasteiger partial charge on any atom is -0.372 e. The van der Waals surface area contributed by atoms with Gasteiger partial charge in [0, 0.05) is 38.3 Å². The SMILES string of the molecule is C=C(NCC1CC12CCC(CCCCC)CC2)N1CC2=CC=NCC2C1.CCCCC(C)(C)C. The Kier molecular flexibility index (Phi) is 10.2. The van der Waals surface area contributed by atoms with Crippen molar-refractivity contribution in [1.82, 2.24) is 10.2 Å². The second-order valence-electron chi connectivity index (χ2n) is 13.0. The summed E-state index contributed by atoms with van der Waals surface area (Å²) in [4.78, 5) is 6.83. The van der Waals surface area contributed by atoms with Gasteiger partial charge in [0.25, 0.3) is 0 Å². The van der Waals surface area contributed by atoms with Crippen molar-refractivity contribution in [2.75, 3.05) is 26.2 Å². The summed E-state index contributed by atoms with van der Waals surface area (Å²) in [6.07, 6.45) is 21.4. The highest BCUT2D eigenvalue weighted by atomic mass is 15.3. The van der Waals surface area contributed by atoms with Crippen molar-refractivity contribution >= 4 is 6.21 Å². The number of allylic oxidation sites excluding steroid dienone is 1. The molecule has 1 N–H and O–H groups in total. The van der Waals surface area contributed by atoms with Crippen molar-refractivity contribution in [3.05, 3.63) is 24.0 Å². The molecule has 2 saturated carbocycles. The van der Waals surface area contributed by atoms with E-state index in [0.717, 1.165) is 43.8 Å². The van der Waals surface area contributed by atoms with Gasteiger partial charge in [-0.1, -0.05) is 79.7 Å². The Bertz CT molecular complexity index is 690. The van der Waals surface area contributed by atoms with Gasteiger partial charge in [0.2, 0.25) is 0 Å². The molecule has 194 valence electrons. The molecule has 2 aliphatic carbocycles. The summed E-state index contributed by atoms with van der Waals surface area (Å²) in [5.41, 5.74) is 2.78. The summed E-state index contributed by atoms with van der Waals surface area (Å²) >= 11 is 0. The highest BCUT2D eigenvalue weighted by Crippen LogP contribution is 2.62. The first-order valence-corrected chi connectivity index (χ1v) is 14.6. The fourth-order valence-corrected chi connectivity index (χ4v) is 6.32. The van der Waals surface area contributed by atoms with Crippen molar-refractivity contribution in [2.45, 2.75) is 112 Å². The lowest BCUT2D eigenvalue weighted by Crippen LogP contribution is -2.32. The molecule has 3 nitrogen and oxygen atoms in total. The van der Waals surface area contributed by atoms with Gasteiger partial charge in [0.05, 0.1) is 5.82 Å². The van der Waals surface area contributed by atoms with Gasteiger partial charge in [0.1, 0.15) is 0 Å². The van der Waals surface area contributed by atoms with Crippen LogP contribution in [0, 0.1) is 28.6 Å². The van der Waals surface area contributed by atoms with Crippen LogP contribution in [0.25, 0.3) is 0 Å². The van der Waals surface area contributed by atoms with E-state index in [4.69, 9.17) is 0 Å². The predicted octanol–water partition coefficient (Wildman–Crippen LogP) is 7.99. The van der Waals surface area contributed by atoms with Gasteiger partial charge in [-0.15, -0.1) is 0 Å². The predicted molar refractivity (Wildman–Crippen MR) is 149 cm³/mol. The largest absolute Gasteiger partial charge is 0.372 e. The quantitative estimate of drug-likeness (QED) is 0.328. The van der Waals surface area contributed by atoms with E-state index < -0.39 is 0 Å². The van der Waals surface area contributed by atoms with Crippen LogP contribution in [-0.4, -0.2) is 37.3 Å². The standard InChI is InChI=1S/C23H37N3.C8H18/c1-3-4-5-6-19-7-10-23(11-8-19)13-22(23)15-25-18(2)26-16-20-9-12-24-14-21(20)17-26;1-5-6-7-8(2,3)4/h9,12,19,21-22,25H,2-8,10-11,13-17H2,1H3;5-7H2,1-4H3. The number of nitrogens with zero attached hydrogens (tertiary/aromatic N) is 2. The van der Waals surface area contributed by atoms with Crippen LogP contribution in [-0.2, 0) is 0 Å². The molecule has 0 aromatic carbocycles. The molecule has 0 radical (unpaired) electrons. The molecule has 1 saturated heterocycles. The van der Waals surface area contributed by atoms with Crippen LogP contribution in [0.3, 0.4) is 0 Å². The molecule has 4 rings (SSSR count). The minimum atomic E-state index is 0.552. The lowest BCUT2D eigenvalue weighted by atomic mass is 9.76. The molecule has 3 fully saturated rings. The third kappa shape index (κ3) is 8.16. The molecule has 1 spiro atoms. The van der Waals surface area contributed by atoms with Crippen molar-refractivity contribution in [2.24, 2.45) is 33.6 Å². The summed E-state index contributed by atoms with van der Waals surface area (Å²) in [5, 5.41) is 3.68. The number of hydrogen-bond acceptors (Lipinski definition) is 3. The van der Waals surface area contributed by atoms with Gasteiger partial charge in [-0.3, -0.25) is 4.99 Å². The van der Waals surface area contributed by atoms with Crippen LogP contribution in [0.15, 0.2) is 29.0 Å². The molecule has 3 heteroatoms. The molecule has 0 amide bonds. The van der Waals surface area contributed by atoms with E-state index in [9.17, 15) is 0 Å². The van der Waals surface area contributed by atoms with E-state index in [1.54, 1.807) is 0 Å². The highest BCUT2D eigenvalue weighted by molar-refractivity contribution is 5.73. The van der Waals surface area contributed by atoms with Crippen LogP contribution in [0.2, 0.25) is 0 Å². The number of unbranched alkanes of at least 4 members (excludes halogenated alkanes) is 3. The Hall–Kier alpha value is -1.25. The molecule has 0 bridgehead atoms. The van der Waals surface area contributed by atoms with Crippen LogP contribution >= 0.6 is 0 Å². The molecule has 2 aliphatic heterocycles. The molecular formula is C31H55N3. The van der Waals surface area contributed by atoms with Gasteiger partial charge in [-0.2, -0.15) is 0 Å². The summed E-state index contributed by atoms with van der Waals surface area (Å²) < 4.78 is 0. The van der Waals surface area contributed by atoms with Crippen LogP contribution in [0.1, 0.15) is 112 Å². The molecule has 2 atom stereocenters. The number of dihydropyridines is 1. The first-order chi connectivity index (χ1) is 16.3. The molecule has 0 aromatic rings. The Labute approximate surface area is 211 Å². The first kappa shape index (κ1) is 27.3. The summed E-state index contributed by atoms with van der Waals surface area (Å²) in [6, 6.07) is 0. The van der Waals surface area contributed by atoms with Crippen molar-refractivity contribution in [3.8, 4) is 0 Å². The van der Waals surface area contributed by atoms with Crippen molar-refractivity contribution in [1.29, 1.82) is 0 Å². The Morgan fingerprint density at radius 3 is 2.50 bits per heavy atom.